The molecule has 2 aromatic rings. The van der Waals surface area contributed by atoms with Crippen molar-refractivity contribution in [2.24, 2.45) is 5.92 Å². The van der Waals surface area contributed by atoms with E-state index in [1.807, 2.05) is 6.07 Å². The van der Waals surface area contributed by atoms with Gasteiger partial charge in [0.25, 0.3) is 0 Å². The fraction of sp³-hybridized carbons (Fsp3) is 0.481. The Bertz CT molecular complexity index is 1250. The minimum absolute atomic E-state index is 0.203. The maximum atomic E-state index is 13.2. The summed E-state index contributed by atoms with van der Waals surface area (Å²) in [7, 11) is -3.67. The molecule has 1 N–H and O–H groups in total. The van der Waals surface area contributed by atoms with Gasteiger partial charge in [-0.1, -0.05) is 41.2 Å². The molecule has 7 nitrogen and oxygen atoms in total. The van der Waals surface area contributed by atoms with Gasteiger partial charge in [-0.25, -0.2) is 8.42 Å². The molecule has 0 saturated carbocycles. The molecule has 2 saturated heterocycles. The number of hydrogen-bond acceptors (Lipinski definition) is 4. The maximum absolute atomic E-state index is 13.2. The van der Waals surface area contributed by atoms with Gasteiger partial charge in [-0.3, -0.25) is 9.59 Å². The number of benzene rings is 2. The Hall–Kier alpha value is -1.84. The van der Waals surface area contributed by atoms with Crippen LogP contribution in [0, 0.1) is 5.92 Å². The van der Waals surface area contributed by atoms with E-state index in [0.29, 0.717) is 53.5 Å². The average molecular weight is 601 g/mol. The van der Waals surface area contributed by atoms with Gasteiger partial charge in [-0.15, -0.1) is 0 Å². The topological polar surface area (TPSA) is 86.8 Å². The van der Waals surface area contributed by atoms with Crippen molar-refractivity contribution in [2.75, 3.05) is 26.2 Å². The van der Waals surface area contributed by atoms with Gasteiger partial charge in [0, 0.05) is 47.3 Å². The van der Waals surface area contributed by atoms with Gasteiger partial charge in [0.2, 0.25) is 10.0 Å². The molecule has 0 radical (unpaired) electrons. The number of halogens is 3. The van der Waals surface area contributed by atoms with Crippen LogP contribution in [0.2, 0.25) is 15.1 Å². The Morgan fingerprint density at radius 2 is 1.58 bits per heavy atom. The first-order valence-electron chi connectivity index (χ1n) is 12.9. The molecular weight excluding hydrogens is 569 g/mol. The van der Waals surface area contributed by atoms with Crippen LogP contribution in [0.3, 0.4) is 0 Å². The summed E-state index contributed by atoms with van der Waals surface area (Å²) in [5.41, 5.74) is 0.997. The lowest BCUT2D eigenvalue weighted by molar-refractivity contribution is -0.146. The lowest BCUT2D eigenvalue weighted by Gasteiger charge is -2.35. The smallest absolute Gasteiger partial charge is 0.311 e. The number of hydrogen-bond donors (Lipinski definition) is 1. The lowest BCUT2D eigenvalue weighted by Crippen LogP contribution is -2.48. The lowest BCUT2D eigenvalue weighted by atomic mass is 9.90. The second-order valence-corrected chi connectivity index (χ2v) is 13.1. The Kier molecular flexibility index (Phi) is 9.98. The summed E-state index contributed by atoms with van der Waals surface area (Å²) in [4.78, 5) is 27.1. The first-order chi connectivity index (χ1) is 18.1. The highest BCUT2D eigenvalue weighted by Gasteiger charge is 2.34. The largest absolute Gasteiger partial charge is 0.348 e. The van der Waals surface area contributed by atoms with Crippen LogP contribution in [0.25, 0.3) is 0 Å². The van der Waals surface area contributed by atoms with Crippen LogP contribution in [0.5, 0.6) is 0 Å². The first-order valence-corrected chi connectivity index (χ1v) is 15.5. The third kappa shape index (κ3) is 7.21. The highest BCUT2D eigenvalue weighted by Crippen LogP contribution is 2.29. The zero-order valence-corrected chi connectivity index (χ0v) is 24.1. The molecule has 1 unspecified atom stereocenters. The van der Waals surface area contributed by atoms with E-state index < -0.39 is 21.8 Å². The molecule has 1 atom stereocenters. The molecule has 2 aromatic carbocycles. The second-order valence-electron chi connectivity index (χ2n) is 9.94. The predicted molar refractivity (Wildman–Crippen MR) is 150 cm³/mol. The fourth-order valence-corrected chi connectivity index (χ4v) is 7.48. The number of carbonyl (C=O) groups is 2. The number of likely N-dealkylation sites (tertiary alicyclic amines) is 1. The molecule has 2 fully saturated rings. The van der Waals surface area contributed by atoms with Crippen molar-refractivity contribution >= 4 is 56.6 Å². The molecule has 0 aliphatic carbocycles. The van der Waals surface area contributed by atoms with Gasteiger partial charge in [-0.05, 0) is 92.5 Å². The second kappa shape index (κ2) is 13.0. The Balaban J connectivity index is 1.25. The van der Waals surface area contributed by atoms with E-state index >= 15 is 0 Å². The van der Waals surface area contributed by atoms with Crippen LogP contribution < -0.4 is 5.32 Å². The van der Waals surface area contributed by atoms with E-state index in [9.17, 15) is 18.0 Å². The molecule has 38 heavy (non-hydrogen) atoms. The molecule has 206 valence electrons. The molecule has 2 aliphatic rings. The number of piperidine rings is 2. The van der Waals surface area contributed by atoms with E-state index in [4.69, 9.17) is 34.8 Å². The Morgan fingerprint density at radius 3 is 2.29 bits per heavy atom. The van der Waals surface area contributed by atoms with Gasteiger partial charge < -0.3 is 10.2 Å². The minimum atomic E-state index is -3.67. The number of amides is 2. The quantitative estimate of drug-likeness (QED) is 0.444. The summed E-state index contributed by atoms with van der Waals surface area (Å²) < 4.78 is 28.0. The molecule has 0 spiro atoms. The summed E-state index contributed by atoms with van der Waals surface area (Å²) >= 11 is 18.3. The van der Waals surface area contributed by atoms with Crippen molar-refractivity contribution in [1.29, 1.82) is 0 Å². The molecular formula is C27H32Cl3N3O4S. The van der Waals surface area contributed by atoms with Crippen molar-refractivity contribution < 1.29 is 18.0 Å². The fourth-order valence-electron chi connectivity index (χ4n) is 5.24. The molecule has 4 rings (SSSR count). The summed E-state index contributed by atoms with van der Waals surface area (Å²) in [5, 5.41) is 4.51. The number of nitrogens with zero attached hydrogens (tertiary/aromatic N) is 2. The zero-order valence-electron chi connectivity index (χ0n) is 21.0. The van der Waals surface area contributed by atoms with Crippen LogP contribution in [-0.4, -0.2) is 61.7 Å². The normalized spacial score (nSPS) is 19.3. The Labute approximate surface area is 239 Å². The van der Waals surface area contributed by atoms with Crippen LogP contribution in [0.15, 0.2) is 47.4 Å². The van der Waals surface area contributed by atoms with E-state index in [-0.39, 0.29) is 17.5 Å². The number of carbonyl (C=O) groups excluding carboxylic acids is 2. The highest BCUT2D eigenvalue weighted by atomic mass is 35.5. The van der Waals surface area contributed by atoms with Gasteiger partial charge in [0.1, 0.15) is 0 Å². The highest BCUT2D eigenvalue weighted by molar-refractivity contribution is 7.89. The van der Waals surface area contributed by atoms with Gasteiger partial charge in [-0.2, -0.15) is 4.31 Å². The van der Waals surface area contributed by atoms with Gasteiger partial charge >= 0.3 is 11.8 Å². The van der Waals surface area contributed by atoms with Crippen LogP contribution >= 0.6 is 34.8 Å². The average Bonchev–Trinajstić information content (AvgIpc) is 2.91. The Morgan fingerprint density at radius 1 is 0.895 bits per heavy atom. The van der Waals surface area contributed by atoms with E-state index in [1.165, 1.54) is 16.4 Å². The van der Waals surface area contributed by atoms with Crippen molar-refractivity contribution in [3.8, 4) is 0 Å². The molecule has 0 bridgehead atoms. The van der Waals surface area contributed by atoms with Crippen LogP contribution in [0.1, 0.15) is 44.1 Å². The van der Waals surface area contributed by atoms with E-state index in [0.717, 1.165) is 37.7 Å². The number of rotatable bonds is 7. The minimum Gasteiger partial charge on any atom is -0.348 e. The number of sulfonamides is 1. The van der Waals surface area contributed by atoms with E-state index in [1.54, 1.807) is 29.2 Å². The van der Waals surface area contributed by atoms with E-state index in [2.05, 4.69) is 5.32 Å². The molecule has 0 aromatic heterocycles. The third-order valence-corrected chi connectivity index (χ3v) is 10.2. The van der Waals surface area contributed by atoms with Crippen molar-refractivity contribution in [1.82, 2.24) is 14.5 Å². The summed E-state index contributed by atoms with van der Waals surface area (Å²) in [6.45, 7) is 1.67. The SMILES string of the molecule is O=C(NCCC1CCCCN1S(=O)(=O)c1ccc(Cl)cc1)C(=O)N1CCC(Cc2cc(Cl)ccc2Cl)CC1. The van der Waals surface area contributed by atoms with Crippen molar-refractivity contribution in [3.05, 3.63) is 63.1 Å². The third-order valence-electron chi connectivity index (χ3n) is 7.37. The van der Waals surface area contributed by atoms with Gasteiger partial charge in [0.15, 0.2) is 0 Å². The maximum Gasteiger partial charge on any atom is 0.311 e. The molecule has 2 heterocycles. The standard InChI is InChI=1S/C27H32Cl3N3O4S/c28-21-4-7-24(8-5-21)38(36,37)33-14-2-1-3-23(33)10-13-31-26(34)27(35)32-15-11-19(12-16-32)17-20-18-22(29)6-9-25(20)30/h4-9,18-19,23H,1-3,10-17H2,(H,31,34). The monoisotopic (exact) mass is 599 g/mol. The summed E-state index contributed by atoms with van der Waals surface area (Å²) in [6.07, 6.45) is 5.19. The number of nitrogens with one attached hydrogen (secondary N) is 1. The first kappa shape index (κ1) is 29.2. The molecule has 2 aliphatic heterocycles. The van der Waals surface area contributed by atoms with Crippen molar-refractivity contribution in [3.63, 3.8) is 0 Å². The summed E-state index contributed by atoms with van der Waals surface area (Å²) in [6, 6.07) is 11.3. The van der Waals surface area contributed by atoms with Gasteiger partial charge in [0.05, 0.1) is 4.90 Å². The zero-order chi connectivity index (χ0) is 27.3. The molecule has 2 amide bonds. The molecule has 11 heteroatoms. The van der Waals surface area contributed by atoms with Crippen molar-refractivity contribution in [2.45, 2.75) is 55.9 Å². The predicted octanol–water partition coefficient (Wildman–Crippen LogP) is 5.18. The summed E-state index contributed by atoms with van der Waals surface area (Å²) in [5.74, 6) is -0.833. The van der Waals surface area contributed by atoms with Crippen LogP contribution in [0.4, 0.5) is 0 Å². The van der Waals surface area contributed by atoms with Crippen LogP contribution in [-0.2, 0) is 26.0 Å².